The van der Waals surface area contributed by atoms with Gasteiger partial charge < -0.3 is 27.0 Å². The van der Waals surface area contributed by atoms with Crippen LogP contribution in [0.3, 0.4) is 0 Å². The van der Waals surface area contributed by atoms with E-state index in [1.807, 2.05) is 0 Å². The standard InChI is InChI=1S/C15H15N5O3/c16-14(17)20-15(18)19-10-3-7-12(8-4-10)23-11-5-1-9(2-6-11)13(21)22/h1-8H,(H,21,22)(H6,16,17,18,19,20). The molecule has 0 atom stereocenters. The molecule has 0 aliphatic rings. The Hall–Kier alpha value is -3.55. The molecule has 8 nitrogen and oxygen atoms in total. The van der Waals surface area contributed by atoms with Crippen molar-refractivity contribution < 1.29 is 14.6 Å². The summed E-state index contributed by atoms with van der Waals surface area (Å²) < 4.78 is 5.60. The zero-order valence-electron chi connectivity index (χ0n) is 12.0. The van der Waals surface area contributed by atoms with E-state index in [0.717, 1.165) is 0 Å². The summed E-state index contributed by atoms with van der Waals surface area (Å²) >= 11 is 0. The lowest BCUT2D eigenvalue weighted by Gasteiger charge is -2.06. The number of hydrogen-bond acceptors (Lipinski definition) is 3. The van der Waals surface area contributed by atoms with E-state index in [1.54, 1.807) is 36.4 Å². The SMILES string of the molecule is NC(N)=NC(N)=Nc1ccc(Oc2ccc(C(=O)O)cc2)cc1. The largest absolute Gasteiger partial charge is 0.478 e. The third-order valence-corrected chi connectivity index (χ3v) is 2.66. The number of ether oxygens (including phenoxy) is 1. The van der Waals surface area contributed by atoms with Crippen LogP contribution in [0, 0.1) is 0 Å². The van der Waals surface area contributed by atoms with Gasteiger partial charge in [0.2, 0.25) is 5.96 Å². The van der Waals surface area contributed by atoms with Gasteiger partial charge in [0.05, 0.1) is 11.3 Å². The topological polar surface area (TPSA) is 149 Å². The van der Waals surface area contributed by atoms with Crippen molar-refractivity contribution in [3.05, 3.63) is 54.1 Å². The first kappa shape index (κ1) is 15.8. The van der Waals surface area contributed by atoms with Gasteiger partial charge in [0.15, 0.2) is 5.96 Å². The van der Waals surface area contributed by atoms with Crippen LogP contribution in [0.1, 0.15) is 10.4 Å². The zero-order chi connectivity index (χ0) is 16.8. The fourth-order valence-electron chi connectivity index (χ4n) is 1.68. The molecule has 0 heterocycles. The van der Waals surface area contributed by atoms with Crippen LogP contribution in [0.5, 0.6) is 11.5 Å². The number of carboxylic acid groups (broad SMARTS) is 1. The van der Waals surface area contributed by atoms with Gasteiger partial charge >= 0.3 is 5.97 Å². The maximum absolute atomic E-state index is 10.8. The first-order valence-corrected chi connectivity index (χ1v) is 6.49. The number of carboxylic acids is 1. The molecule has 0 radical (unpaired) electrons. The second kappa shape index (κ2) is 6.94. The van der Waals surface area contributed by atoms with Crippen LogP contribution in [-0.4, -0.2) is 23.0 Å². The summed E-state index contributed by atoms with van der Waals surface area (Å²) in [7, 11) is 0. The van der Waals surface area contributed by atoms with Gasteiger partial charge in [-0.1, -0.05) is 0 Å². The van der Waals surface area contributed by atoms with Crippen molar-refractivity contribution in [1.82, 2.24) is 0 Å². The molecule has 0 unspecified atom stereocenters. The number of nitrogens with zero attached hydrogens (tertiary/aromatic N) is 2. The molecule has 0 fully saturated rings. The molecule has 0 spiro atoms. The van der Waals surface area contributed by atoms with Crippen LogP contribution in [0.25, 0.3) is 0 Å². The molecule has 0 amide bonds. The summed E-state index contributed by atoms with van der Waals surface area (Å²) in [5.74, 6) is -0.130. The normalized spacial score (nSPS) is 10.9. The van der Waals surface area contributed by atoms with Gasteiger partial charge in [-0.05, 0) is 48.5 Å². The number of carbonyl (C=O) groups is 1. The van der Waals surface area contributed by atoms with Gasteiger partial charge in [0.1, 0.15) is 11.5 Å². The van der Waals surface area contributed by atoms with Crippen molar-refractivity contribution in [1.29, 1.82) is 0 Å². The second-order valence-corrected chi connectivity index (χ2v) is 4.43. The Kier molecular flexibility index (Phi) is 4.78. The quantitative estimate of drug-likeness (QED) is 0.495. The smallest absolute Gasteiger partial charge is 0.335 e. The molecule has 7 N–H and O–H groups in total. The average Bonchev–Trinajstić information content (AvgIpc) is 2.49. The molecule has 2 aromatic rings. The van der Waals surface area contributed by atoms with E-state index in [2.05, 4.69) is 9.98 Å². The fourth-order valence-corrected chi connectivity index (χ4v) is 1.68. The van der Waals surface area contributed by atoms with Gasteiger partial charge in [-0.3, -0.25) is 0 Å². The van der Waals surface area contributed by atoms with E-state index in [4.69, 9.17) is 27.0 Å². The number of benzene rings is 2. The number of rotatable bonds is 4. The van der Waals surface area contributed by atoms with Gasteiger partial charge in [-0.15, -0.1) is 0 Å². The number of aromatic carboxylic acids is 1. The van der Waals surface area contributed by atoms with Crippen LogP contribution in [0.4, 0.5) is 5.69 Å². The number of hydrogen-bond donors (Lipinski definition) is 4. The molecule has 118 valence electrons. The van der Waals surface area contributed by atoms with E-state index in [9.17, 15) is 4.79 Å². The maximum atomic E-state index is 10.8. The Labute approximate surface area is 131 Å². The molecule has 2 aromatic carbocycles. The molecule has 8 heteroatoms. The highest BCUT2D eigenvalue weighted by molar-refractivity contribution is 5.93. The summed E-state index contributed by atoms with van der Waals surface area (Å²) in [6.45, 7) is 0. The fraction of sp³-hybridized carbons (Fsp3) is 0. The van der Waals surface area contributed by atoms with Gasteiger partial charge in [0, 0.05) is 0 Å². The summed E-state index contributed by atoms with van der Waals surface area (Å²) in [5, 5.41) is 8.83. The molecule has 2 rings (SSSR count). The van der Waals surface area contributed by atoms with Gasteiger partial charge in [-0.25, -0.2) is 9.79 Å². The monoisotopic (exact) mass is 313 g/mol. The van der Waals surface area contributed by atoms with Gasteiger partial charge in [0.25, 0.3) is 0 Å². The lowest BCUT2D eigenvalue weighted by Crippen LogP contribution is -2.26. The highest BCUT2D eigenvalue weighted by Crippen LogP contribution is 2.24. The Bertz CT molecular complexity index is 748. The molecule has 0 bridgehead atoms. The molecule has 0 aromatic heterocycles. The van der Waals surface area contributed by atoms with E-state index in [0.29, 0.717) is 17.2 Å². The molecule has 0 saturated heterocycles. The number of guanidine groups is 2. The van der Waals surface area contributed by atoms with E-state index < -0.39 is 5.97 Å². The Morgan fingerprint density at radius 1 is 0.913 bits per heavy atom. The second-order valence-electron chi connectivity index (χ2n) is 4.43. The van der Waals surface area contributed by atoms with Crippen molar-refractivity contribution in [2.45, 2.75) is 0 Å². The average molecular weight is 313 g/mol. The minimum atomic E-state index is -0.989. The number of nitrogens with two attached hydrogens (primary N) is 3. The molecule has 0 aliphatic heterocycles. The predicted molar refractivity (Wildman–Crippen MR) is 87.0 cm³/mol. The predicted octanol–water partition coefficient (Wildman–Crippen LogP) is 1.40. The van der Waals surface area contributed by atoms with E-state index in [1.165, 1.54) is 12.1 Å². The zero-order valence-corrected chi connectivity index (χ0v) is 12.0. The highest BCUT2D eigenvalue weighted by Gasteiger charge is 2.03. The van der Waals surface area contributed by atoms with Crippen LogP contribution in [0.2, 0.25) is 0 Å². The van der Waals surface area contributed by atoms with Crippen molar-refractivity contribution in [2.75, 3.05) is 0 Å². The minimum absolute atomic E-state index is 0.0528. The van der Waals surface area contributed by atoms with Crippen molar-refractivity contribution in [3.63, 3.8) is 0 Å². The number of aliphatic imine (C=N–C) groups is 2. The summed E-state index contributed by atoms with van der Waals surface area (Å²) in [6.07, 6.45) is 0. The van der Waals surface area contributed by atoms with Crippen molar-refractivity contribution in [3.8, 4) is 11.5 Å². The molecular weight excluding hydrogens is 298 g/mol. The van der Waals surface area contributed by atoms with Crippen LogP contribution < -0.4 is 21.9 Å². The van der Waals surface area contributed by atoms with Crippen molar-refractivity contribution >= 4 is 23.6 Å². The maximum Gasteiger partial charge on any atom is 0.335 e. The molecule has 0 aliphatic carbocycles. The van der Waals surface area contributed by atoms with Crippen LogP contribution in [0.15, 0.2) is 58.5 Å². The summed E-state index contributed by atoms with van der Waals surface area (Å²) in [6, 6.07) is 12.8. The summed E-state index contributed by atoms with van der Waals surface area (Å²) in [5.41, 5.74) is 16.7. The van der Waals surface area contributed by atoms with Crippen LogP contribution in [-0.2, 0) is 0 Å². The first-order chi connectivity index (χ1) is 10.9. The Morgan fingerprint density at radius 3 is 1.91 bits per heavy atom. The lowest BCUT2D eigenvalue weighted by molar-refractivity contribution is 0.0697. The minimum Gasteiger partial charge on any atom is -0.478 e. The molecule has 0 saturated carbocycles. The third kappa shape index (κ3) is 4.74. The van der Waals surface area contributed by atoms with E-state index in [-0.39, 0.29) is 17.5 Å². The first-order valence-electron chi connectivity index (χ1n) is 6.49. The summed E-state index contributed by atoms with van der Waals surface area (Å²) in [4.78, 5) is 18.4. The van der Waals surface area contributed by atoms with E-state index >= 15 is 0 Å². The van der Waals surface area contributed by atoms with Gasteiger partial charge in [-0.2, -0.15) is 4.99 Å². The lowest BCUT2D eigenvalue weighted by atomic mass is 10.2. The van der Waals surface area contributed by atoms with Crippen LogP contribution >= 0.6 is 0 Å². The molecular formula is C15H15N5O3. The highest BCUT2D eigenvalue weighted by atomic mass is 16.5. The molecule has 23 heavy (non-hydrogen) atoms. The Balaban J connectivity index is 2.08. The van der Waals surface area contributed by atoms with Crippen molar-refractivity contribution in [2.24, 2.45) is 27.2 Å². The Morgan fingerprint density at radius 2 is 1.43 bits per heavy atom. The third-order valence-electron chi connectivity index (χ3n) is 2.66.